The summed E-state index contributed by atoms with van der Waals surface area (Å²) in [6.45, 7) is 3.64. The largest absolute Gasteiger partial charge is 0.496 e. The summed E-state index contributed by atoms with van der Waals surface area (Å²) < 4.78 is 11.1. The van der Waals surface area contributed by atoms with E-state index in [1.54, 1.807) is 7.11 Å². The Kier molecular flexibility index (Phi) is 8.62. The zero-order chi connectivity index (χ0) is 20.4. The second-order valence-corrected chi connectivity index (χ2v) is 6.87. The SMILES string of the molecule is COc1ccccc1C(CNC(=O)NCCCOc1ccc(C)cc1)N(C)C. The first-order valence-electron chi connectivity index (χ1n) is 9.51. The number of rotatable bonds is 10. The van der Waals surface area contributed by atoms with Gasteiger partial charge < -0.3 is 25.0 Å². The molecule has 0 saturated carbocycles. The summed E-state index contributed by atoms with van der Waals surface area (Å²) in [7, 11) is 5.63. The van der Waals surface area contributed by atoms with Gasteiger partial charge in [0.2, 0.25) is 0 Å². The van der Waals surface area contributed by atoms with Crippen LogP contribution in [0.15, 0.2) is 48.5 Å². The standard InChI is InChI=1S/C22H31N3O3/c1-17-10-12-18(13-11-17)28-15-7-14-23-22(26)24-16-20(25(2)3)19-8-5-6-9-21(19)27-4/h5-6,8-13,20H,7,14-16H2,1-4H3,(H2,23,24,26). The quantitative estimate of drug-likeness (QED) is 0.616. The minimum atomic E-state index is -0.183. The second-order valence-electron chi connectivity index (χ2n) is 6.87. The van der Waals surface area contributed by atoms with E-state index in [-0.39, 0.29) is 12.1 Å². The van der Waals surface area contributed by atoms with Gasteiger partial charge in [-0.05, 0) is 45.6 Å². The summed E-state index contributed by atoms with van der Waals surface area (Å²) in [5.41, 5.74) is 2.25. The van der Waals surface area contributed by atoms with Crippen molar-refractivity contribution < 1.29 is 14.3 Å². The van der Waals surface area contributed by atoms with Crippen LogP contribution in [-0.2, 0) is 0 Å². The zero-order valence-electron chi connectivity index (χ0n) is 17.2. The molecule has 0 aliphatic rings. The van der Waals surface area contributed by atoms with E-state index >= 15 is 0 Å². The minimum Gasteiger partial charge on any atom is -0.496 e. The average molecular weight is 386 g/mol. The van der Waals surface area contributed by atoms with Gasteiger partial charge in [-0.25, -0.2) is 4.79 Å². The van der Waals surface area contributed by atoms with Crippen LogP contribution in [0.5, 0.6) is 11.5 Å². The Bertz CT molecular complexity index is 732. The van der Waals surface area contributed by atoms with Gasteiger partial charge in [-0.15, -0.1) is 0 Å². The number of aryl methyl sites for hydroxylation is 1. The van der Waals surface area contributed by atoms with E-state index in [0.717, 1.165) is 23.5 Å². The van der Waals surface area contributed by atoms with Crippen LogP contribution < -0.4 is 20.1 Å². The molecule has 0 spiro atoms. The van der Waals surface area contributed by atoms with Crippen molar-refractivity contribution in [3.63, 3.8) is 0 Å². The van der Waals surface area contributed by atoms with E-state index in [1.165, 1.54) is 5.56 Å². The molecule has 0 saturated heterocycles. The van der Waals surface area contributed by atoms with Crippen LogP contribution in [0.1, 0.15) is 23.6 Å². The first-order valence-corrected chi connectivity index (χ1v) is 9.51. The molecule has 28 heavy (non-hydrogen) atoms. The number of likely N-dealkylation sites (N-methyl/N-ethyl adjacent to an activating group) is 1. The molecule has 0 radical (unpaired) electrons. The van der Waals surface area contributed by atoms with Crippen molar-refractivity contribution in [2.45, 2.75) is 19.4 Å². The average Bonchev–Trinajstić information content (AvgIpc) is 2.69. The van der Waals surface area contributed by atoms with E-state index in [0.29, 0.717) is 19.7 Å². The third-order valence-electron chi connectivity index (χ3n) is 4.47. The van der Waals surface area contributed by atoms with Gasteiger partial charge in [0.05, 0.1) is 19.8 Å². The van der Waals surface area contributed by atoms with E-state index in [2.05, 4.69) is 15.5 Å². The van der Waals surface area contributed by atoms with Crippen LogP contribution >= 0.6 is 0 Å². The topological polar surface area (TPSA) is 62.8 Å². The Labute approximate surface area is 167 Å². The normalized spacial score (nSPS) is 11.8. The smallest absolute Gasteiger partial charge is 0.314 e. The summed E-state index contributed by atoms with van der Waals surface area (Å²) in [4.78, 5) is 14.2. The van der Waals surface area contributed by atoms with E-state index in [9.17, 15) is 4.79 Å². The summed E-state index contributed by atoms with van der Waals surface area (Å²) in [5.74, 6) is 1.66. The molecular weight excluding hydrogens is 354 g/mol. The van der Waals surface area contributed by atoms with Crippen molar-refractivity contribution in [2.24, 2.45) is 0 Å². The summed E-state index contributed by atoms with van der Waals surface area (Å²) >= 11 is 0. The predicted molar refractivity (Wildman–Crippen MR) is 112 cm³/mol. The molecule has 6 nitrogen and oxygen atoms in total. The van der Waals surface area contributed by atoms with Gasteiger partial charge in [-0.3, -0.25) is 0 Å². The Balaban J connectivity index is 1.72. The van der Waals surface area contributed by atoms with Gasteiger partial charge in [-0.2, -0.15) is 0 Å². The molecule has 1 atom stereocenters. The molecule has 2 N–H and O–H groups in total. The molecule has 2 amide bonds. The highest BCUT2D eigenvalue weighted by molar-refractivity contribution is 5.73. The fourth-order valence-electron chi connectivity index (χ4n) is 2.86. The summed E-state index contributed by atoms with van der Waals surface area (Å²) in [6, 6.07) is 15.6. The van der Waals surface area contributed by atoms with Crippen LogP contribution in [-0.4, -0.2) is 51.8 Å². The molecule has 0 aliphatic carbocycles. The lowest BCUT2D eigenvalue weighted by molar-refractivity contribution is 0.230. The number of benzene rings is 2. The van der Waals surface area contributed by atoms with Crippen molar-refractivity contribution in [2.75, 3.05) is 40.9 Å². The molecule has 0 fully saturated rings. The number of nitrogens with zero attached hydrogens (tertiary/aromatic N) is 1. The Hall–Kier alpha value is -2.73. The predicted octanol–water partition coefficient (Wildman–Crippen LogP) is 3.37. The maximum absolute atomic E-state index is 12.1. The molecule has 152 valence electrons. The Morgan fingerprint density at radius 3 is 2.46 bits per heavy atom. The first kappa shape index (κ1) is 21.6. The van der Waals surface area contributed by atoms with Gasteiger partial charge in [0.1, 0.15) is 11.5 Å². The number of nitrogens with one attached hydrogen (secondary N) is 2. The van der Waals surface area contributed by atoms with E-state index in [1.807, 2.05) is 69.6 Å². The fourth-order valence-corrected chi connectivity index (χ4v) is 2.86. The van der Waals surface area contributed by atoms with Crippen molar-refractivity contribution in [1.82, 2.24) is 15.5 Å². The van der Waals surface area contributed by atoms with Crippen molar-refractivity contribution in [3.05, 3.63) is 59.7 Å². The van der Waals surface area contributed by atoms with Crippen LogP contribution in [0.3, 0.4) is 0 Å². The van der Waals surface area contributed by atoms with Crippen LogP contribution in [0.4, 0.5) is 4.79 Å². The van der Waals surface area contributed by atoms with Gasteiger partial charge >= 0.3 is 6.03 Å². The molecule has 2 aromatic carbocycles. The first-order chi connectivity index (χ1) is 13.5. The number of urea groups is 1. The maximum Gasteiger partial charge on any atom is 0.314 e. The number of methoxy groups -OCH3 is 1. The zero-order valence-corrected chi connectivity index (χ0v) is 17.2. The van der Waals surface area contributed by atoms with Gasteiger partial charge in [0.25, 0.3) is 0 Å². The van der Waals surface area contributed by atoms with Gasteiger partial charge in [0.15, 0.2) is 0 Å². The summed E-state index contributed by atoms with van der Waals surface area (Å²) in [5, 5.41) is 5.81. The number of hydrogen-bond donors (Lipinski definition) is 2. The molecule has 2 rings (SSSR count). The van der Waals surface area contributed by atoms with Crippen LogP contribution in [0, 0.1) is 6.92 Å². The third-order valence-corrected chi connectivity index (χ3v) is 4.47. The molecule has 0 heterocycles. The Morgan fingerprint density at radius 1 is 1.07 bits per heavy atom. The van der Waals surface area contributed by atoms with E-state index < -0.39 is 0 Å². The molecule has 1 unspecified atom stereocenters. The van der Waals surface area contributed by atoms with Gasteiger partial charge in [0, 0.05) is 18.7 Å². The minimum absolute atomic E-state index is 0.0202. The number of carbonyl (C=O) groups is 1. The van der Waals surface area contributed by atoms with Gasteiger partial charge in [-0.1, -0.05) is 35.9 Å². The third kappa shape index (κ3) is 6.78. The van der Waals surface area contributed by atoms with Crippen LogP contribution in [0.2, 0.25) is 0 Å². The lowest BCUT2D eigenvalue weighted by Crippen LogP contribution is -2.41. The van der Waals surface area contributed by atoms with Crippen molar-refractivity contribution in [1.29, 1.82) is 0 Å². The monoisotopic (exact) mass is 385 g/mol. The number of para-hydroxylation sites is 1. The van der Waals surface area contributed by atoms with Crippen molar-refractivity contribution >= 4 is 6.03 Å². The molecule has 6 heteroatoms. The number of carbonyl (C=O) groups excluding carboxylic acids is 1. The Morgan fingerprint density at radius 2 is 1.79 bits per heavy atom. The second kappa shape index (κ2) is 11.2. The molecule has 2 aromatic rings. The summed E-state index contributed by atoms with van der Waals surface area (Å²) in [6.07, 6.45) is 0.741. The molecule has 0 bridgehead atoms. The maximum atomic E-state index is 12.1. The van der Waals surface area contributed by atoms with E-state index in [4.69, 9.17) is 9.47 Å². The number of amides is 2. The lowest BCUT2D eigenvalue weighted by atomic mass is 10.0. The molecule has 0 aliphatic heterocycles. The van der Waals surface area contributed by atoms with Crippen LogP contribution in [0.25, 0.3) is 0 Å². The number of ether oxygens (including phenoxy) is 2. The lowest BCUT2D eigenvalue weighted by Gasteiger charge is -2.26. The number of hydrogen-bond acceptors (Lipinski definition) is 4. The highest BCUT2D eigenvalue weighted by atomic mass is 16.5. The van der Waals surface area contributed by atoms with Crippen molar-refractivity contribution in [3.8, 4) is 11.5 Å². The highest BCUT2D eigenvalue weighted by Crippen LogP contribution is 2.27. The molecule has 0 aromatic heterocycles. The highest BCUT2D eigenvalue weighted by Gasteiger charge is 2.18. The fraction of sp³-hybridized carbons (Fsp3) is 0.409. The molecular formula is C22H31N3O3.